The van der Waals surface area contributed by atoms with E-state index in [9.17, 15) is 0 Å². The summed E-state index contributed by atoms with van der Waals surface area (Å²) < 4.78 is 0. The quantitative estimate of drug-likeness (QED) is 0.739. The largest absolute Gasteiger partial charge is 0.345 e. The SMILES string of the molecule is Cc1c(Cl)cccc1NC(=S)N(C)[C@H]1CCCc2ccccc21. The first kappa shape index (κ1) is 16.3. The van der Waals surface area contributed by atoms with Crippen molar-refractivity contribution >= 4 is 34.6 Å². The van der Waals surface area contributed by atoms with Crippen LogP contribution in [0, 0.1) is 6.92 Å². The molecule has 1 aliphatic carbocycles. The molecule has 0 bridgehead atoms. The lowest BCUT2D eigenvalue weighted by Gasteiger charge is -2.35. The highest BCUT2D eigenvalue weighted by atomic mass is 35.5. The Balaban J connectivity index is 1.80. The summed E-state index contributed by atoms with van der Waals surface area (Å²) in [6.07, 6.45) is 3.49. The van der Waals surface area contributed by atoms with Gasteiger partial charge in [-0.15, -0.1) is 0 Å². The number of fused-ring (bicyclic) bond motifs is 1. The third kappa shape index (κ3) is 3.36. The molecular weight excluding hydrogens is 324 g/mol. The monoisotopic (exact) mass is 344 g/mol. The van der Waals surface area contributed by atoms with Crippen molar-refractivity contribution in [1.29, 1.82) is 0 Å². The number of benzene rings is 2. The van der Waals surface area contributed by atoms with Crippen molar-refractivity contribution in [3.8, 4) is 0 Å². The van der Waals surface area contributed by atoms with Crippen LogP contribution < -0.4 is 5.32 Å². The van der Waals surface area contributed by atoms with Crippen LogP contribution in [0.3, 0.4) is 0 Å². The van der Waals surface area contributed by atoms with Gasteiger partial charge in [-0.05, 0) is 67.2 Å². The molecule has 0 spiro atoms. The zero-order valence-electron chi connectivity index (χ0n) is 13.5. The minimum atomic E-state index is 0.333. The minimum Gasteiger partial charge on any atom is -0.345 e. The van der Waals surface area contributed by atoms with E-state index >= 15 is 0 Å². The molecule has 0 aromatic heterocycles. The number of hydrogen-bond acceptors (Lipinski definition) is 1. The second-order valence-electron chi connectivity index (χ2n) is 6.06. The Bertz CT molecular complexity index is 729. The van der Waals surface area contributed by atoms with Gasteiger partial charge in [-0.2, -0.15) is 0 Å². The molecule has 2 nitrogen and oxygen atoms in total. The van der Waals surface area contributed by atoms with Gasteiger partial charge in [-0.25, -0.2) is 0 Å². The second kappa shape index (κ2) is 6.90. The summed E-state index contributed by atoms with van der Waals surface area (Å²) in [5.74, 6) is 0. The molecule has 0 aliphatic heterocycles. The van der Waals surface area contributed by atoms with Gasteiger partial charge in [0, 0.05) is 17.8 Å². The van der Waals surface area contributed by atoms with Gasteiger partial charge in [-0.1, -0.05) is 41.9 Å². The van der Waals surface area contributed by atoms with E-state index in [0.29, 0.717) is 6.04 Å². The summed E-state index contributed by atoms with van der Waals surface area (Å²) in [6.45, 7) is 2.00. The molecule has 0 saturated heterocycles. The molecule has 1 aliphatic rings. The van der Waals surface area contributed by atoms with E-state index in [2.05, 4.69) is 41.5 Å². The van der Waals surface area contributed by atoms with Crippen LogP contribution in [-0.2, 0) is 6.42 Å². The maximum Gasteiger partial charge on any atom is 0.173 e. The van der Waals surface area contributed by atoms with Gasteiger partial charge in [0.05, 0.1) is 6.04 Å². The van der Waals surface area contributed by atoms with E-state index in [-0.39, 0.29) is 0 Å². The van der Waals surface area contributed by atoms with Gasteiger partial charge in [-0.3, -0.25) is 0 Å². The lowest BCUT2D eigenvalue weighted by molar-refractivity contribution is 0.336. The molecule has 3 rings (SSSR count). The Kier molecular flexibility index (Phi) is 4.88. The number of rotatable bonds is 2. The van der Waals surface area contributed by atoms with E-state index < -0.39 is 0 Å². The number of aryl methyl sites for hydroxylation is 1. The van der Waals surface area contributed by atoms with E-state index in [0.717, 1.165) is 34.2 Å². The van der Waals surface area contributed by atoms with Crippen LogP contribution in [0.25, 0.3) is 0 Å². The molecular formula is C19H21ClN2S. The minimum absolute atomic E-state index is 0.333. The Labute approximate surface area is 148 Å². The summed E-state index contributed by atoms with van der Waals surface area (Å²) in [4.78, 5) is 2.17. The molecule has 0 saturated carbocycles. The van der Waals surface area contributed by atoms with Crippen molar-refractivity contribution in [2.75, 3.05) is 12.4 Å². The zero-order chi connectivity index (χ0) is 16.4. The number of hydrogen-bond donors (Lipinski definition) is 1. The highest BCUT2D eigenvalue weighted by Gasteiger charge is 2.25. The topological polar surface area (TPSA) is 15.3 Å². The van der Waals surface area contributed by atoms with Crippen molar-refractivity contribution in [2.45, 2.75) is 32.2 Å². The Morgan fingerprint density at radius 2 is 2.00 bits per heavy atom. The third-order valence-corrected chi connectivity index (χ3v) is 5.43. The lowest BCUT2D eigenvalue weighted by Crippen LogP contribution is -2.36. The number of thiocarbonyl (C=S) groups is 1. The summed E-state index contributed by atoms with van der Waals surface area (Å²) in [7, 11) is 2.07. The average molecular weight is 345 g/mol. The number of nitrogens with one attached hydrogen (secondary N) is 1. The van der Waals surface area contributed by atoms with E-state index in [1.165, 1.54) is 17.5 Å². The van der Waals surface area contributed by atoms with Crippen molar-refractivity contribution in [3.05, 3.63) is 64.2 Å². The first-order chi connectivity index (χ1) is 11.1. The Morgan fingerprint density at radius 3 is 2.83 bits per heavy atom. The van der Waals surface area contributed by atoms with Crippen LogP contribution in [0.1, 0.15) is 35.6 Å². The van der Waals surface area contributed by atoms with Crippen molar-refractivity contribution in [3.63, 3.8) is 0 Å². The fourth-order valence-corrected chi connectivity index (χ4v) is 3.63. The molecule has 1 N–H and O–H groups in total. The maximum absolute atomic E-state index is 6.20. The predicted molar refractivity (Wildman–Crippen MR) is 102 cm³/mol. The van der Waals surface area contributed by atoms with Gasteiger partial charge in [0.2, 0.25) is 0 Å². The zero-order valence-corrected chi connectivity index (χ0v) is 15.0. The van der Waals surface area contributed by atoms with Crippen LogP contribution in [0.15, 0.2) is 42.5 Å². The van der Waals surface area contributed by atoms with Gasteiger partial charge in [0.1, 0.15) is 0 Å². The molecule has 4 heteroatoms. The molecule has 0 radical (unpaired) electrons. The third-order valence-electron chi connectivity index (χ3n) is 4.63. The van der Waals surface area contributed by atoms with Crippen LogP contribution in [0.5, 0.6) is 0 Å². The van der Waals surface area contributed by atoms with Gasteiger partial charge >= 0.3 is 0 Å². The van der Waals surface area contributed by atoms with Gasteiger partial charge in [0.15, 0.2) is 5.11 Å². The molecule has 0 fully saturated rings. The molecule has 0 heterocycles. The van der Waals surface area contributed by atoms with Crippen molar-refractivity contribution in [1.82, 2.24) is 4.90 Å². The predicted octanol–water partition coefficient (Wildman–Crippen LogP) is 5.35. The summed E-state index contributed by atoms with van der Waals surface area (Å²) in [6, 6.07) is 14.9. The second-order valence-corrected chi connectivity index (χ2v) is 6.85. The van der Waals surface area contributed by atoms with Crippen molar-refractivity contribution in [2.24, 2.45) is 0 Å². The molecule has 0 amide bonds. The molecule has 120 valence electrons. The molecule has 2 aromatic rings. The molecule has 23 heavy (non-hydrogen) atoms. The Morgan fingerprint density at radius 1 is 1.22 bits per heavy atom. The summed E-state index contributed by atoms with van der Waals surface area (Å²) >= 11 is 11.8. The molecule has 0 unspecified atom stereocenters. The highest BCUT2D eigenvalue weighted by Crippen LogP contribution is 2.34. The van der Waals surface area contributed by atoms with Crippen LogP contribution >= 0.6 is 23.8 Å². The highest BCUT2D eigenvalue weighted by molar-refractivity contribution is 7.80. The van der Waals surface area contributed by atoms with Crippen LogP contribution in [0.4, 0.5) is 5.69 Å². The maximum atomic E-state index is 6.20. The van der Waals surface area contributed by atoms with Crippen molar-refractivity contribution < 1.29 is 0 Å². The fourth-order valence-electron chi connectivity index (χ4n) is 3.22. The molecule has 2 aromatic carbocycles. The lowest BCUT2D eigenvalue weighted by atomic mass is 9.87. The molecule has 1 atom stereocenters. The van der Waals surface area contributed by atoms with Crippen LogP contribution in [-0.4, -0.2) is 17.1 Å². The average Bonchev–Trinajstić information content (AvgIpc) is 2.57. The fraction of sp³-hybridized carbons (Fsp3) is 0.316. The van der Waals surface area contributed by atoms with E-state index in [1.807, 2.05) is 25.1 Å². The summed E-state index contributed by atoms with van der Waals surface area (Å²) in [5.41, 5.74) is 4.83. The Hall–Kier alpha value is -1.58. The van der Waals surface area contributed by atoms with Gasteiger partial charge < -0.3 is 10.2 Å². The first-order valence-corrected chi connectivity index (χ1v) is 8.73. The van der Waals surface area contributed by atoms with Gasteiger partial charge in [0.25, 0.3) is 0 Å². The first-order valence-electron chi connectivity index (χ1n) is 7.94. The van der Waals surface area contributed by atoms with E-state index in [4.69, 9.17) is 23.8 Å². The summed E-state index contributed by atoms with van der Waals surface area (Å²) in [5, 5.41) is 4.84. The number of halogens is 1. The smallest absolute Gasteiger partial charge is 0.173 e. The normalized spacial score (nSPS) is 16.6. The standard InChI is InChI=1S/C19H21ClN2S/c1-13-16(20)10-6-11-17(13)21-19(23)22(2)18-12-5-8-14-7-3-4-9-15(14)18/h3-4,6-7,9-11,18H,5,8,12H2,1-2H3,(H,21,23)/t18-/m0/s1. The number of nitrogens with zero attached hydrogens (tertiary/aromatic N) is 1. The van der Waals surface area contributed by atoms with Crippen LogP contribution in [0.2, 0.25) is 5.02 Å². The van der Waals surface area contributed by atoms with E-state index in [1.54, 1.807) is 0 Å². The number of anilines is 1.